The van der Waals surface area contributed by atoms with Gasteiger partial charge in [0.15, 0.2) is 5.82 Å². The van der Waals surface area contributed by atoms with Crippen molar-refractivity contribution in [3.63, 3.8) is 0 Å². The standard InChI is InChI=1S/C21H19N5O2S2/c1-28-17-6-4-16(5-7-17)26(13-18-3-2-12-29-18)19(27)14-30-21-23-20(24-25-21)15-8-10-22-11-9-15/h2-12H,13-14H2,1H3,(H,23,24,25). The topological polar surface area (TPSA) is 84.0 Å². The molecule has 3 aromatic heterocycles. The number of thioether (sulfide) groups is 1. The number of hydrogen-bond acceptors (Lipinski definition) is 7. The predicted octanol–water partition coefficient (Wildman–Crippen LogP) is 4.26. The van der Waals surface area contributed by atoms with Gasteiger partial charge in [0.05, 0.1) is 19.4 Å². The van der Waals surface area contributed by atoms with Crippen LogP contribution in [-0.2, 0) is 11.3 Å². The van der Waals surface area contributed by atoms with Gasteiger partial charge in [0.1, 0.15) is 5.75 Å². The second-order valence-electron chi connectivity index (χ2n) is 6.25. The Balaban J connectivity index is 1.47. The Morgan fingerprint density at radius 3 is 2.67 bits per heavy atom. The van der Waals surface area contributed by atoms with Gasteiger partial charge in [-0.1, -0.05) is 17.8 Å². The third kappa shape index (κ3) is 4.87. The van der Waals surface area contributed by atoms with E-state index in [0.717, 1.165) is 21.9 Å². The molecule has 9 heteroatoms. The zero-order valence-corrected chi connectivity index (χ0v) is 17.8. The summed E-state index contributed by atoms with van der Waals surface area (Å²) < 4.78 is 5.23. The fraction of sp³-hybridized carbons (Fsp3) is 0.143. The van der Waals surface area contributed by atoms with Crippen molar-refractivity contribution in [2.45, 2.75) is 11.7 Å². The number of amides is 1. The highest BCUT2D eigenvalue weighted by atomic mass is 32.2. The summed E-state index contributed by atoms with van der Waals surface area (Å²) in [7, 11) is 1.62. The molecule has 0 aliphatic carbocycles. The summed E-state index contributed by atoms with van der Waals surface area (Å²) in [5.74, 6) is 1.61. The van der Waals surface area contributed by atoms with Gasteiger partial charge in [-0.05, 0) is 47.8 Å². The second-order valence-corrected chi connectivity index (χ2v) is 8.22. The Morgan fingerprint density at radius 2 is 1.97 bits per heavy atom. The number of nitrogens with one attached hydrogen (secondary N) is 1. The van der Waals surface area contributed by atoms with Gasteiger partial charge in [-0.2, -0.15) is 0 Å². The first kappa shape index (κ1) is 20.1. The number of benzene rings is 1. The van der Waals surface area contributed by atoms with Gasteiger partial charge in [0.25, 0.3) is 0 Å². The van der Waals surface area contributed by atoms with Crippen LogP contribution in [0, 0.1) is 0 Å². The molecule has 0 unspecified atom stereocenters. The zero-order chi connectivity index (χ0) is 20.8. The molecule has 0 saturated heterocycles. The Bertz CT molecular complexity index is 1080. The highest BCUT2D eigenvalue weighted by Crippen LogP contribution is 2.25. The van der Waals surface area contributed by atoms with E-state index in [1.54, 1.807) is 35.7 Å². The summed E-state index contributed by atoms with van der Waals surface area (Å²) in [6.07, 6.45) is 3.40. The lowest BCUT2D eigenvalue weighted by atomic mass is 10.2. The van der Waals surface area contributed by atoms with Crippen LogP contribution in [0.1, 0.15) is 4.88 Å². The molecular weight excluding hydrogens is 418 g/mol. The van der Waals surface area contributed by atoms with Crippen molar-refractivity contribution in [2.24, 2.45) is 0 Å². The number of carbonyl (C=O) groups is 1. The van der Waals surface area contributed by atoms with Gasteiger partial charge in [-0.3, -0.25) is 14.9 Å². The van der Waals surface area contributed by atoms with E-state index >= 15 is 0 Å². The summed E-state index contributed by atoms with van der Waals surface area (Å²) in [6.45, 7) is 0.514. The molecule has 0 aliphatic heterocycles. The summed E-state index contributed by atoms with van der Waals surface area (Å²) in [4.78, 5) is 24.4. The van der Waals surface area contributed by atoms with Crippen LogP contribution in [0.4, 0.5) is 5.69 Å². The highest BCUT2D eigenvalue weighted by molar-refractivity contribution is 7.99. The average Bonchev–Trinajstić information content (AvgIpc) is 3.49. The number of aromatic amines is 1. The molecule has 1 amide bonds. The van der Waals surface area contributed by atoms with E-state index in [4.69, 9.17) is 4.74 Å². The van der Waals surface area contributed by atoms with Crippen LogP contribution in [0.25, 0.3) is 11.4 Å². The maximum absolute atomic E-state index is 13.1. The Labute approximate surface area is 182 Å². The number of aromatic nitrogens is 4. The van der Waals surface area contributed by atoms with E-state index in [0.29, 0.717) is 17.5 Å². The summed E-state index contributed by atoms with van der Waals surface area (Å²) in [5.41, 5.74) is 1.72. The predicted molar refractivity (Wildman–Crippen MR) is 119 cm³/mol. The number of rotatable bonds is 8. The average molecular weight is 438 g/mol. The van der Waals surface area contributed by atoms with E-state index < -0.39 is 0 Å². The molecule has 0 bridgehead atoms. The van der Waals surface area contributed by atoms with E-state index in [2.05, 4.69) is 20.2 Å². The van der Waals surface area contributed by atoms with Gasteiger partial charge in [0, 0.05) is 28.5 Å². The molecule has 0 aliphatic rings. The number of methoxy groups -OCH3 is 1. The van der Waals surface area contributed by atoms with E-state index in [9.17, 15) is 4.79 Å². The summed E-state index contributed by atoms with van der Waals surface area (Å²) in [6, 6.07) is 15.2. The van der Waals surface area contributed by atoms with Crippen molar-refractivity contribution in [3.8, 4) is 17.1 Å². The maximum Gasteiger partial charge on any atom is 0.237 e. The largest absolute Gasteiger partial charge is 0.497 e. The number of carbonyl (C=O) groups excluding carboxylic acids is 1. The third-order valence-electron chi connectivity index (χ3n) is 4.32. The number of hydrogen-bond donors (Lipinski definition) is 1. The smallest absolute Gasteiger partial charge is 0.237 e. The minimum Gasteiger partial charge on any atom is -0.497 e. The number of ether oxygens (including phenoxy) is 1. The molecule has 0 fully saturated rings. The third-order valence-corrected chi connectivity index (χ3v) is 6.02. The molecule has 152 valence electrons. The molecule has 0 radical (unpaired) electrons. The minimum absolute atomic E-state index is 0.0196. The molecule has 0 atom stereocenters. The highest BCUT2D eigenvalue weighted by Gasteiger charge is 2.18. The fourth-order valence-electron chi connectivity index (χ4n) is 2.80. The van der Waals surface area contributed by atoms with Gasteiger partial charge in [-0.25, -0.2) is 4.98 Å². The first-order valence-electron chi connectivity index (χ1n) is 9.15. The quantitative estimate of drug-likeness (QED) is 0.415. The van der Waals surface area contributed by atoms with Crippen molar-refractivity contribution in [1.29, 1.82) is 0 Å². The lowest BCUT2D eigenvalue weighted by Gasteiger charge is -2.22. The lowest BCUT2D eigenvalue weighted by molar-refractivity contribution is -0.116. The molecule has 1 aromatic carbocycles. The SMILES string of the molecule is COc1ccc(N(Cc2cccs2)C(=O)CSc2n[nH]c(-c3ccncc3)n2)cc1. The second kappa shape index (κ2) is 9.55. The van der Waals surface area contributed by atoms with Crippen molar-refractivity contribution >= 4 is 34.7 Å². The molecule has 0 saturated carbocycles. The number of H-pyrrole nitrogens is 1. The lowest BCUT2D eigenvalue weighted by Crippen LogP contribution is -2.31. The maximum atomic E-state index is 13.1. The number of pyridine rings is 1. The summed E-state index contributed by atoms with van der Waals surface area (Å²) >= 11 is 2.93. The first-order valence-corrected chi connectivity index (χ1v) is 11.0. The fourth-order valence-corrected chi connectivity index (χ4v) is 4.17. The van der Waals surface area contributed by atoms with Crippen LogP contribution in [0.5, 0.6) is 5.75 Å². The van der Waals surface area contributed by atoms with Crippen molar-refractivity contribution < 1.29 is 9.53 Å². The number of anilines is 1. The van der Waals surface area contributed by atoms with E-state index in [-0.39, 0.29) is 11.7 Å². The Hall–Kier alpha value is -3.17. The van der Waals surface area contributed by atoms with Gasteiger partial charge in [-0.15, -0.1) is 16.4 Å². The van der Waals surface area contributed by atoms with Crippen molar-refractivity contribution in [1.82, 2.24) is 20.2 Å². The molecule has 0 spiro atoms. The van der Waals surface area contributed by atoms with Crippen LogP contribution >= 0.6 is 23.1 Å². The molecule has 7 nitrogen and oxygen atoms in total. The molecule has 30 heavy (non-hydrogen) atoms. The van der Waals surface area contributed by atoms with E-state index in [1.807, 2.05) is 53.9 Å². The van der Waals surface area contributed by atoms with Crippen LogP contribution in [0.15, 0.2) is 71.5 Å². The Morgan fingerprint density at radius 1 is 1.17 bits per heavy atom. The van der Waals surface area contributed by atoms with Crippen LogP contribution in [0.3, 0.4) is 0 Å². The number of thiophene rings is 1. The van der Waals surface area contributed by atoms with Crippen molar-refractivity contribution in [2.75, 3.05) is 17.8 Å². The summed E-state index contributed by atoms with van der Waals surface area (Å²) in [5, 5.41) is 9.66. The van der Waals surface area contributed by atoms with E-state index in [1.165, 1.54) is 11.8 Å². The van der Waals surface area contributed by atoms with Crippen LogP contribution in [-0.4, -0.2) is 38.9 Å². The zero-order valence-electron chi connectivity index (χ0n) is 16.2. The van der Waals surface area contributed by atoms with Crippen LogP contribution in [0.2, 0.25) is 0 Å². The molecule has 1 N–H and O–H groups in total. The monoisotopic (exact) mass is 437 g/mol. The molecule has 4 aromatic rings. The van der Waals surface area contributed by atoms with Crippen molar-refractivity contribution in [3.05, 3.63) is 71.2 Å². The first-order chi connectivity index (χ1) is 14.7. The van der Waals surface area contributed by atoms with Gasteiger partial charge in [0.2, 0.25) is 11.1 Å². The van der Waals surface area contributed by atoms with Gasteiger partial charge < -0.3 is 9.64 Å². The van der Waals surface area contributed by atoms with Gasteiger partial charge >= 0.3 is 0 Å². The minimum atomic E-state index is -0.0196. The number of nitrogens with zero attached hydrogens (tertiary/aromatic N) is 4. The van der Waals surface area contributed by atoms with Crippen LogP contribution < -0.4 is 9.64 Å². The Kier molecular flexibility index (Phi) is 6.41. The molecular formula is C21H19N5O2S2. The normalized spacial score (nSPS) is 10.7. The molecule has 3 heterocycles. The molecule has 4 rings (SSSR count).